The van der Waals surface area contributed by atoms with Crippen molar-refractivity contribution in [3.8, 4) is 6.07 Å². The quantitative estimate of drug-likeness (QED) is 0.624. The Morgan fingerprint density at radius 2 is 1.88 bits per heavy atom. The van der Waals surface area contributed by atoms with Gasteiger partial charge in [0.25, 0.3) is 0 Å². The fourth-order valence-electron chi connectivity index (χ4n) is 3.86. The standard InChI is InChI=1S/C21H25F2N5O3S/c1-15-18(16(2)28(25-15)9-3-8-24)5-7-21(29)26-10-12-27(13-11-26)32(30,31)20-6-4-17(22)14-19(20)23/h4,6,14H,3,5,7,9-13H2,1-2H3. The Balaban J connectivity index is 1.58. The van der Waals surface area contributed by atoms with E-state index in [1.54, 1.807) is 9.58 Å². The first-order valence-electron chi connectivity index (χ1n) is 10.3. The molecule has 0 N–H and O–H groups in total. The molecule has 1 aliphatic heterocycles. The van der Waals surface area contributed by atoms with Crippen LogP contribution in [0.1, 0.15) is 29.8 Å². The van der Waals surface area contributed by atoms with Crippen LogP contribution in [0.3, 0.4) is 0 Å². The lowest BCUT2D eigenvalue weighted by molar-refractivity contribution is -0.132. The predicted molar refractivity (Wildman–Crippen MR) is 112 cm³/mol. The number of aryl methyl sites for hydroxylation is 2. The number of hydrogen-bond acceptors (Lipinski definition) is 5. The fraction of sp³-hybridized carbons (Fsp3) is 0.476. The van der Waals surface area contributed by atoms with Crippen LogP contribution in [-0.2, 0) is 27.8 Å². The molecule has 8 nitrogen and oxygen atoms in total. The number of hydrogen-bond donors (Lipinski definition) is 0. The highest BCUT2D eigenvalue weighted by molar-refractivity contribution is 7.89. The average molecular weight is 466 g/mol. The van der Waals surface area contributed by atoms with Crippen molar-refractivity contribution < 1.29 is 22.0 Å². The Morgan fingerprint density at radius 1 is 1.19 bits per heavy atom. The van der Waals surface area contributed by atoms with E-state index in [2.05, 4.69) is 11.2 Å². The summed E-state index contributed by atoms with van der Waals surface area (Å²) in [7, 11) is -4.11. The van der Waals surface area contributed by atoms with Gasteiger partial charge in [0.05, 0.1) is 24.7 Å². The van der Waals surface area contributed by atoms with Crippen LogP contribution in [0.2, 0.25) is 0 Å². The first kappa shape index (κ1) is 23.8. The molecule has 3 rings (SSSR count). The van der Waals surface area contributed by atoms with E-state index in [9.17, 15) is 22.0 Å². The Bertz CT molecular complexity index is 1150. The monoisotopic (exact) mass is 465 g/mol. The maximum Gasteiger partial charge on any atom is 0.246 e. The smallest absolute Gasteiger partial charge is 0.246 e. The number of nitrogens with zero attached hydrogens (tertiary/aromatic N) is 5. The number of carbonyl (C=O) groups is 1. The van der Waals surface area contributed by atoms with Gasteiger partial charge in [0.1, 0.15) is 16.5 Å². The van der Waals surface area contributed by atoms with Gasteiger partial charge < -0.3 is 4.90 Å². The van der Waals surface area contributed by atoms with Gasteiger partial charge in [-0.1, -0.05) is 0 Å². The van der Waals surface area contributed by atoms with Gasteiger partial charge in [0.2, 0.25) is 15.9 Å². The number of piperazine rings is 1. The molecule has 0 unspecified atom stereocenters. The maximum absolute atomic E-state index is 14.0. The highest BCUT2D eigenvalue weighted by atomic mass is 32.2. The van der Waals surface area contributed by atoms with E-state index in [0.29, 0.717) is 25.5 Å². The van der Waals surface area contributed by atoms with Crippen molar-refractivity contribution >= 4 is 15.9 Å². The van der Waals surface area contributed by atoms with Crippen LogP contribution in [0.4, 0.5) is 8.78 Å². The number of rotatable bonds is 7. The van der Waals surface area contributed by atoms with Crippen molar-refractivity contribution in [2.45, 2.75) is 44.6 Å². The van der Waals surface area contributed by atoms with Crippen molar-refractivity contribution in [2.75, 3.05) is 26.2 Å². The topological polar surface area (TPSA) is 99.3 Å². The summed E-state index contributed by atoms with van der Waals surface area (Å²) < 4.78 is 55.3. The average Bonchev–Trinajstić information content (AvgIpc) is 3.02. The molecular formula is C21H25F2N5O3S. The second kappa shape index (κ2) is 9.75. The van der Waals surface area contributed by atoms with Gasteiger partial charge in [0.15, 0.2) is 0 Å². The van der Waals surface area contributed by atoms with Gasteiger partial charge in [-0.15, -0.1) is 0 Å². The molecule has 11 heteroatoms. The third kappa shape index (κ3) is 4.97. The van der Waals surface area contributed by atoms with Gasteiger partial charge >= 0.3 is 0 Å². The summed E-state index contributed by atoms with van der Waals surface area (Å²) in [4.78, 5) is 13.7. The second-order valence-electron chi connectivity index (χ2n) is 7.64. The van der Waals surface area contributed by atoms with Gasteiger partial charge in [-0.2, -0.15) is 14.7 Å². The van der Waals surface area contributed by atoms with Crippen LogP contribution < -0.4 is 0 Å². The van der Waals surface area contributed by atoms with E-state index < -0.39 is 26.6 Å². The highest BCUT2D eigenvalue weighted by Gasteiger charge is 2.32. The summed E-state index contributed by atoms with van der Waals surface area (Å²) in [6.45, 7) is 4.75. The highest BCUT2D eigenvalue weighted by Crippen LogP contribution is 2.22. The molecule has 1 aliphatic rings. The van der Waals surface area contributed by atoms with Crippen molar-refractivity contribution in [1.29, 1.82) is 5.26 Å². The van der Waals surface area contributed by atoms with E-state index in [1.165, 1.54) is 0 Å². The number of carbonyl (C=O) groups excluding carboxylic acids is 1. The second-order valence-corrected chi connectivity index (χ2v) is 9.55. The van der Waals surface area contributed by atoms with Crippen molar-refractivity contribution in [1.82, 2.24) is 19.0 Å². The van der Waals surface area contributed by atoms with Gasteiger partial charge in [-0.3, -0.25) is 9.48 Å². The van der Waals surface area contributed by atoms with E-state index in [0.717, 1.165) is 33.4 Å². The van der Waals surface area contributed by atoms with Gasteiger partial charge in [-0.05, 0) is 38.0 Å². The lowest BCUT2D eigenvalue weighted by Gasteiger charge is -2.34. The number of amides is 1. The molecule has 0 bridgehead atoms. The van der Waals surface area contributed by atoms with Crippen LogP contribution in [-0.4, -0.2) is 59.5 Å². The zero-order valence-electron chi connectivity index (χ0n) is 18.0. The molecule has 32 heavy (non-hydrogen) atoms. The predicted octanol–water partition coefficient (Wildman–Crippen LogP) is 2.16. The van der Waals surface area contributed by atoms with Gasteiger partial charge in [-0.25, -0.2) is 17.2 Å². The minimum atomic E-state index is -4.11. The van der Waals surface area contributed by atoms with Crippen molar-refractivity contribution in [3.63, 3.8) is 0 Å². The number of sulfonamides is 1. The molecule has 1 fully saturated rings. The van der Waals surface area contributed by atoms with Crippen LogP contribution in [0.15, 0.2) is 23.1 Å². The Morgan fingerprint density at radius 3 is 2.50 bits per heavy atom. The zero-order valence-corrected chi connectivity index (χ0v) is 18.8. The van der Waals surface area contributed by atoms with Crippen LogP contribution in [0.5, 0.6) is 0 Å². The maximum atomic E-state index is 14.0. The van der Waals surface area contributed by atoms with Crippen molar-refractivity contribution in [3.05, 3.63) is 46.8 Å². The SMILES string of the molecule is Cc1nn(CCC#N)c(C)c1CCC(=O)N1CCN(S(=O)(=O)c2ccc(F)cc2F)CC1. The molecule has 0 radical (unpaired) electrons. The summed E-state index contributed by atoms with van der Waals surface area (Å²) in [6, 6.07) is 4.45. The zero-order chi connectivity index (χ0) is 23.5. The molecule has 0 aliphatic carbocycles. The lowest BCUT2D eigenvalue weighted by atomic mass is 10.1. The number of nitriles is 1. The number of halogens is 2. The lowest BCUT2D eigenvalue weighted by Crippen LogP contribution is -2.50. The third-order valence-electron chi connectivity index (χ3n) is 5.66. The fourth-order valence-corrected chi connectivity index (χ4v) is 5.33. The Hall–Kier alpha value is -2.84. The Labute approximate surface area is 186 Å². The Kier molecular flexibility index (Phi) is 7.26. The van der Waals surface area contributed by atoms with E-state index in [4.69, 9.17) is 5.26 Å². The minimum Gasteiger partial charge on any atom is -0.340 e. The van der Waals surface area contributed by atoms with E-state index in [-0.39, 0.29) is 38.5 Å². The number of aromatic nitrogens is 2. The third-order valence-corrected chi connectivity index (χ3v) is 7.59. The summed E-state index contributed by atoms with van der Waals surface area (Å²) in [5, 5.41) is 13.2. The molecule has 2 heterocycles. The summed E-state index contributed by atoms with van der Waals surface area (Å²) in [6.07, 6.45) is 1.11. The summed E-state index contributed by atoms with van der Waals surface area (Å²) in [5.74, 6) is -2.08. The van der Waals surface area contributed by atoms with E-state index >= 15 is 0 Å². The number of benzene rings is 1. The summed E-state index contributed by atoms with van der Waals surface area (Å²) in [5.41, 5.74) is 2.73. The largest absolute Gasteiger partial charge is 0.340 e. The first-order chi connectivity index (χ1) is 15.1. The van der Waals surface area contributed by atoms with Crippen LogP contribution >= 0.6 is 0 Å². The molecule has 1 amide bonds. The van der Waals surface area contributed by atoms with E-state index in [1.807, 2.05) is 13.8 Å². The molecule has 1 saturated heterocycles. The van der Waals surface area contributed by atoms with Crippen LogP contribution in [0, 0.1) is 36.8 Å². The summed E-state index contributed by atoms with van der Waals surface area (Å²) >= 11 is 0. The minimum absolute atomic E-state index is 0.0367. The normalized spacial score (nSPS) is 15.0. The molecule has 1 aromatic carbocycles. The molecule has 0 spiro atoms. The first-order valence-corrected chi connectivity index (χ1v) is 11.7. The van der Waals surface area contributed by atoms with Crippen LogP contribution in [0.25, 0.3) is 0 Å². The van der Waals surface area contributed by atoms with Crippen molar-refractivity contribution in [2.24, 2.45) is 0 Å². The molecule has 0 saturated carbocycles. The molecule has 0 atom stereocenters. The van der Waals surface area contributed by atoms with Gasteiger partial charge in [0, 0.05) is 44.4 Å². The molecule has 2 aromatic rings. The molecular weight excluding hydrogens is 440 g/mol. The molecule has 172 valence electrons. The molecule has 1 aromatic heterocycles.